The third kappa shape index (κ3) is 3.89. The highest BCUT2D eigenvalue weighted by Gasteiger charge is 2.15. The van der Waals surface area contributed by atoms with Crippen LogP contribution in [0.1, 0.15) is 34.2 Å². The fraction of sp³-hybridized carbons (Fsp3) is 0.188. The van der Waals surface area contributed by atoms with Gasteiger partial charge in [-0.15, -0.1) is 0 Å². The van der Waals surface area contributed by atoms with Gasteiger partial charge in [0.15, 0.2) is 0 Å². The zero-order valence-electron chi connectivity index (χ0n) is 13.7. The van der Waals surface area contributed by atoms with Crippen molar-refractivity contribution in [3.63, 3.8) is 0 Å². The van der Waals surface area contributed by atoms with E-state index in [-0.39, 0.29) is 34.0 Å². The van der Waals surface area contributed by atoms with Crippen LogP contribution in [0.15, 0.2) is 38.6 Å². The van der Waals surface area contributed by atoms with Crippen molar-refractivity contribution in [2.45, 2.75) is 20.8 Å². The molecule has 0 aliphatic rings. The van der Waals surface area contributed by atoms with Gasteiger partial charge in [-0.2, -0.15) is 5.10 Å². The number of aromatic hydroxyl groups is 1. The van der Waals surface area contributed by atoms with Gasteiger partial charge in [0.1, 0.15) is 17.1 Å². The van der Waals surface area contributed by atoms with Crippen LogP contribution in [0.4, 0.5) is 5.69 Å². The molecule has 0 spiro atoms. The quantitative estimate of drug-likeness (QED) is 0.494. The van der Waals surface area contributed by atoms with Crippen LogP contribution in [0.5, 0.6) is 5.75 Å². The standard InChI is InChI=1S/C16H15N3O6/c1-8-6-11(4-5-12(8)19(23)24)15(21)18-17-10(3)14-13(20)7-9(2)25-16(14)22/h4-7,20H,1-3H3,(H,18,21)/b17-10+. The first kappa shape index (κ1) is 17.9. The molecule has 9 nitrogen and oxygen atoms in total. The lowest BCUT2D eigenvalue weighted by molar-refractivity contribution is -0.385. The Morgan fingerprint density at radius 1 is 1.32 bits per heavy atom. The zero-order valence-corrected chi connectivity index (χ0v) is 13.7. The maximum absolute atomic E-state index is 12.1. The van der Waals surface area contributed by atoms with Crippen LogP contribution in [-0.2, 0) is 0 Å². The van der Waals surface area contributed by atoms with Gasteiger partial charge >= 0.3 is 5.63 Å². The number of amides is 1. The zero-order chi connectivity index (χ0) is 18.7. The van der Waals surface area contributed by atoms with Crippen molar-refractivity contribution in [1.29, 1.82) is 0 Å². The largest absolute Gasteiger partial charge is 0.507 e. The van der Waals surface area contributed by atoms with Gasteiger partial charge in [-0.1, -0.05) is 0 Å². The number of carbonyl (C=O) groups is 1. The molecular formula is C16H15N3O6. The number of benzene rings is 1. The third-order valence-electron chi connectivity index (χ3n) is 3.40. The van der Waals surface area contributed by atoms with E-state index in [0.29, 0.717) is 5.56 Å². The Morgan fingerprint density at radius 3 is 2.56 bits per heavy atom. The van der Waals surface area contributed by atoms with Gasteiger partial charge in [0, 0.05) is 23.3 Å². The van der Waals surface area contributed by atoms with Crippen LogP contribution in [0, 0.1) is 24.0 Å². The number of nitro groups is 1. The van der Waals surface area contributed by atoms with Gasteiger partial charge < -0.3 is 9.52 Å². The predicted molar refractivity (Wildman–Crippen MR) is 88.9 cm³/mol. The Morgan fingerprint density at radius 2 is 2.00 bits per heavy atom. The smallest absolute Gasteiger partial charge is 0.348 e. The third-order valence-corrected chi connectivity index (χ3v) is 3.40. The van der Waals surface area contributed by atoms with Crippen LogP contribution in [0.25, 0.3) is 0 Å². The molecule has 1 amide bonds. The molecule has 2 N–H and O–H groups in total. The highest BCUT2D eigenvalue weighted by atomic mass is 16.6. The van der Waals surface area contributed by atoms with Crippen molar-refractivity contribution < 1.29 is 19.2 Å². The van der Waals surface area contributed by atoms with E-state index in [1.807, 2.05) is 0 Å². The van der Waals surface area contributed by atoms with E-state index in [4.69, 9.17) is 4.42 Å². The molecule has 0 unspecified atom stereocenters. The Hall–Kier alpha value is -3.49. The summed E-state index contributed by atoms with van der Waals surface area (Å²) in [6, 6.07) is 5.14. The summed E-state index contributed by atoms with van der Waals surface area (Å²) in [5.41, 5.74) is 1.74. The van der Waals surface area contributed by atoms with Gasteiger partial charge in [0.25, 0.3) is 11.6 Å². The Labute approximate surface area is 141 Å². The molecule has 1 aromatic carbocycles. The first-order chi connectivity index (χ1) is 11.7. The van der Waals surface area contributed by atoms with Crippen molar-refractivity contribution in [2.75, 3.05) is 0 Å². The van der Waals surface area contributed by atoms with E-state index in [1.54, 1.807) is 0 Å². The van der Waals surface area contributed by atoms with Gasteiger partial charge in [-0.3, -0.25) is 14.9 Å². The molecule has 1 aromatic heterocycles. The number of aryl methyl sites for hydroxylation is 2. The van der Waals surface area contributed by atoms with Crippen molar-refractivity contribution in [3.05, 3.63) is 67.3 Å². The fourth-order valence-corrected chi connectivity index (χ4v) is 2.19. The minimum Gasteiger partial charge on any atom is -0.507 e. The molecule has 130 valence electrons. The molecule has 0 radical (unpaired) electrons. The average molecular weight is 345 g/mol. The summed E-state index contributed by atoms with van der Waals surface area (Å²) in [5.74, 6) is -0.687. The highest BCUT2D eigenvalue weighted by Crippen LogP contribution is 2.19. The maximum atomic E-state index is 12.1. The van der Waals surface area contributed by atoms with Crippen LogP contribution in [0.2, 0.25) is 0 Å². The van der Waals surface area contributed by atoms with E-state index in [2.05, 4.69) is 10.5 Å². The normalized spacial score (nSPS) is 11.2. The second-order valence-corrected chi connectivity index (χ2v) is 5.30. The average Bonchev–Trinajstić information content (AvgIpc) is 2.51. The molecule has 0 bridgehead atoms. The monoisotopic (exact) mass is 345 g/mol. The number of nitrogens with one attached hydrogen (secondary N) is 1. The summed E-state index contributed by atoms with van der Waals surface area (Å²) < 4.78 is 4.88. The maximum Gasteiger partial charge on any atom is 0.348 e. The lowest BCUT2D eigenvalue weighted by Crippen LogP contribution is -2.21. The summed E-state index contributed by atoms with van der Waals surface area (Å²) in [6.45, 7) is 4.44. The van der Waals surface area contributed by atoms with E-state index in [9.17, 15) is 24.8 Å². The number of nitrogens with zero attached hydrogens (tertiary/aromatic N) is 2. The Balaban J connectivity index is 2.24. The van der Waals surface area contributed by atoms with Crippen LogP contribution in [0.3, 0.4) is 0 Å². The first-order valence-electron chi connectivity index (χ1n) is 7.14. The number of hydrazone groups is 1. The van der Waals surface area contributed by atoms with Crippen LogP contribution < -0.4 is 11.1 Å². The SMILES string of the molecule is C/C(=N\NC(=O)c1ccc([N+](=O)[O-])c(C)c1)c1c(O)cc(C)oc1=O. The lowest BCUT2D eigenvalue weighted by atomic mass is 10.1. The topological polar surface area (TPSA) is 135 Å². The molecule has 25 heavy (non-hydrogen) atoms. The van der Waals surface area contributed by atoms with Crippen molar-refractivity contribution in [2.24, 2.45) is 5.10 Å². The summed E-state index contributed by atoms with van der Waals surface area (Å²) >= 11 is 0. The summed E-state index contributed by atoms with van der Waals surface area (Å²) in [6.07, 6.45) is 0. The molecule has 2 rings (SSSR count). The van der Waals surface area contributed by atoms with Crippen LogP contribution in [-0.4, -0.2) is 21.6 Å². The van der Waals surface area contributed by atoms with E-state index in [0.717, 1.165) is 0 Å². The molecule has 0 fully saturated rings. The Kier molecular flexibility index (Phi) is 4.97. The fourth-order valence-electron chi connectivity index (χ4n) is 2.19. The number of rotatable bonds is 4. The van der Waals surface area contributed by atoms with Crippen molar-refractivity contribution in [1.82, 2.24) is 5.43 Å². The second kappa shape index (κ2) is 6.95. The second-order valence-electron chi connectivity index (χ2n) is 5.30. The molecule has 0 saturated carbocycles. The van der Waals surface area contributed by atoms with Crippen LogP contribution >= 0.6 is 0 Å². The minimum absolute atomic E-state index is 0.0539. The van der Waals surface area contributed by atoms with E-state index >= 15 is 0 Å². The van der Waals surface area contributed by atoms with E-state index < -0.39 is 16.5 Å². The number of hydrogen-bond donors (Lipinski definition) is 2. The number of carbonyl (C=O) groups excluding carboxylic acids is 1. The lowest BCUT2D eigenvalue weighted by Gasteiger charge is -2.05. The minimum atomic E-state index is -0.779. The number of hydrogen-bond acceptors (Lipinski definition) is 7. The van der Waals surface area contributed by atoms with E-state index in [1.165, 1.54) is 45.0 Å². The van der Waals surface area contributed by atoms with Gasteiger partial charge in [-0.25, -0.2) is 10.2 Å². The molecule has 1 heterocycles. The molecule has 0 saturated heterocycles. The highest BCUT2D eigenvalue weighted by molar-refractivity contribution is 6.02. The van der Waals surface area contributed by atoms with Gasteiger partial charge in [0.2, 0.25) is 0 Å². The molecule has 0 aliphatic carbocycles. The molecule has 0 atom stereocenters. The number of nitro benzene ring substituents is 1. The van der Waals surface area contributed by atoms with Crippen molar-refractivity contribution in [3.8, 4) is 5.75 Å². The summed E-state index contributed by atoms with van der Waals surface area (Å²) in [5, 5.41) is 24.4. The molecule has 0 aliphatic heterocycles. The Bertz CT molecular complexity index is 945. The van der Waals surface area contributed by atoms with Gasteiger partial charge in [-0.05, 0) is 32.9 Å². The molecule has 2 aromatic rings. The molecule has 9 heteroatoms. The molecular weight excluding hydrogens is 330 g/mol. The van der Waals surface area contributed by atoms with Crippen molar-refractivity contribution >= 4 is 17.3 Å². The predicted octanol–water partition coefficient (Wildman–Crippen LogP) is 2.02. The summed E-state index contributed by atoms with van der Waals surface area (Å²) in [7, 11) is 0. The van der Waals surface area contributed by atoms with Gasteiger partial charge in [0.05, 0.1) is 10.6 Å². The first-order valence-corrected chi connectivity index (χ1v) is 7.14. The summed E-state index contributed by atoms with van der Waals surface area (Å²) in [4.78, 5) is 34.1.